The first-order valence-electron chi connectivity index (χ1n) is 11.5. The predicted molar refractivity (Wildman–Crippen MR) is 134 cm³/mol. The number of amides is 1. The van der Waals surface area contributed by atoms with Gasteiger partial charge in [0.1, 0.15) is 24.6 Å². The standard InChI is InChI=1S/C24H41FN2O7Si/c1-22(2,3)34-21(29)16-33-12-11-32-15-20(28)26-19-13-17(31-10)18(14-27(19)30)35(25,23(4,5)6)24(7,8)9/h13-14H,11-12,15-16H2,1-10H3,(H,26,28). The molecule has 0 fully saturated rings. The van der Waals surface area contributed by atoms with Gasteiger partial charge >= 0.3 is 11.9 Å². The average molecular weight is 517 g/mol. The normalized spacial score (nSPS) is 12.9. The summed E-state index contributed by atoms with van der Waals surface area (Å²) in [5.74, 6) is -0.958. The summed E-state index contributed by atoms with van der Waals surface area (Å²) in [6.45, 7) is 15.8. The highest BCUT2D eigenvalue weighted by Crippen LogP contribution is 2.52. The van der Waals surface area contributed by atoms with Crippen molar-refractivity contribution in [3.05, 3.63) is 17.5 Å². The molecule has 0 saturated heterocycles. The van der Waals surface area contributed by atoms with Gasteiger partial charge in [-0.05, 0) is 30.8 Å². The number of ether oxygens (including phenoxy) is 4. The van der Waals surface area contributed by atoms with Gasteiger partial charge in [0.2, 0.25) is 0 Å². The highest BCUT2D eigenvalue weighted by atomic mass is 28.4. The van der Waals surface area contributed by atoms with Crippen LogP contribution in [0.15, 0.2) is 12.3 Å². The summed E-state index contributed by atoms with van der Waals surface area (Å²) >= 11 is 0. The Morgan fingerprint density at radius 2 is 1.51 bits per heavy atom. The average Bonchev–Trinajstić information content (AvgIpc) is 2.68. The van der Waals surface area contributed by atoms with Crippen LogP contribution < -0.4 is 20.0 Å². The largest absolute Gasteiger partial charge is 0.711 e. The Labute approximate surface area is 209 Å². The Hall–Kier alpha value is -2.24. The van der Waals surface area contributed by atoms with E-state index in [1.54, 1.807) is 20.8 Å². The summed E-state index contributed by atoms with van der Waals surface area (Å²) in [4.78, 5) is 23.8. The zero-order valence-electron chi connectivity index (χ0n) is 22.7. The van der Waals surface area contributed by atoms with Gasteiger partial charge in [-0.1, -0.05) is 41.5 Å². The minimum Gasteiger partial charge on any atom is -0.711 e. The Morgan fingerprint density at radius 1 is 1.00 bits per heavy atom. The summed E-state index contributed by atoms with van der Waals surface area (Å²) in [6.07, 6.45) is 1.17. The summed E-state index contributed by atoms with van der Waals surface area (Å²) in [7, 11) is -2.37. The number of esters is 1. The highest BCUT2D eigenvalue weighted by molar-refractivity contribution is 6.91. The molecular weight excluding hydrogens is 475 g/mol. The van der Waals surface area contributed by atoms with Gasteiger partial charge < -0.3 is 28.3 Å². The molecule has 0 aliphatic heterocycles. The van der Waals surface area contributed by atoms with Gasteiger partial charge in [0, 0.05) is 0 Å². The number of halogens is 1. The van der Waals surface area contributed by atoms with Crippen LogP contribution in [0, 0.1) is 5.21 Å². The number of nitrogens with zero attached hydrogens (tertiary/aromatic N) is 1. The molecule has 1 N–H and O–H groups in total. The van der Waals surface area contributed by atoms with E-state index >= 15 is 4.11 Å². The van der Waals surface area contributed by atoms with Gasteiger partial charge in [-0.3, -0.25) is 0 Å². The lowest BCUT2D eigenvalue weighted by Gasteiger charge is -2.44. The van der Waals surface area contributed by atoms with E-state index in [-0.39, 0.29) is 43.2 Å². The van der Waals surface area contributed by atoms with Crippen molar-refractivity contribution in [1.82, 2.24) is 0 Å². The van der Waals surface area contributed by atoms with Crippen molar-refractivity contribution < 1.29 is 37.4 Å². The van der Waals surface area contributed by atoms with E-state index in [2.05, 4.69) is 5.32 Å². The first kappa shape index (κ1) is 30.8. The quantitative estimate of drug-likeness (QED) is 0.127. The Kier molecular flexibility index (Phi) is 10.3. The van der Waals surface area contributed by atoms with Gasteiger partial charge in [0.25, 0.3) is 14.2 Å². The molecule has 0 aromatic carbocycles. The lowest BCUT2D eigenvalue weighted by molar-refractivity contribution is -0.589. The highest BCUT2D eigenvalue weighted by Gasteiger charge is 2.58. The third kappa shape index (κ3) is 8.43. The third-order valence-corrected chi connectivity index (χ3v) is 10.4. The number of nitrogens with one attached hydrogen (secondary N) is 1. The second kappa shape index (κ2) is 11.7. The molecule has 1 heterocycles. The zero-order chi connectivity index (χ0) is 27.2. The van der Waals surface area contributed by atoms with Gasteiger partial charge in [-0.2, -0.15) is 0 Å². The van der Waals surface area contributed by atoms with Crippen LogP contribution >= 0.6 is 0 Å². The van der Waals surface area contributed by atoms with Gasteiger partial charge in [0.15, 0.2) is 0 Å². The number of methoxy groups -OCH3 is 1. The molecule has 11 heteroatoms. The van der Waals surface area contributed by atoms with E-state index < -0.39 is 36.0 Å². The Bertz CT molecular complexity index is 876. The van der Waals surface area contributed by atoms with Crippen LogP contribution in [-0.2, 0) is 23.8 Å². The molecule has 200 valence electrons. The molecule has 0 saturated carbocycles. The van der Waals surface area contributed by atoms with Crippen molar-refractivity contribution in [3.8, 4) is 5.75 Å². The third-order valence-electron chi connectivity index (χ3n) is 5.19. The fourth-order valence-corrected chi connectivity index (χ4v) is 8.63. The smallest absolute Gasteiger partial charge is 0.333 e. The number of hydrogen-bond acceptors (Lipinski definition) is 7. The van der Waals surface area contributed by atoms with E-state index in [4.69, 9.17) is 18.9 Å². The molecule has 35 heavy (non-hydrogen) atoms. The van der Waals surface area contributed by atoms with E-state index in [0.717, 1.165) is 0 Å². The van der Waals surface area contributed by atoms with Crippen molar-refractivity contribution in [1.29, 1.82) is 0 Å². The van der Waals surface area contributed by atoms with Crippen LogP contribution in [0.1, 0.15) is 62.3 Å². The molecule has 1 aromatic heterocycles. The molecule has 0 spiro atoms. The van der Waals surface area contributed by atoms with E-state index in [1.807, 2.05) is 41.5 Å². The summed E-state index contributed by atoms with van der Waals surface area (Å²) < 4.78 is 38.1. The van der Waals surface area contributed by atoms with Crippen LogP contribution in [0.25, 0.3) is 0 Å². The summed E-state index contributed by atoms with van der Waals surface area (Å²) in [6, 6.07) is 1.34. The number of pyridine rings is 1. The minimum atomic E-state index is -3.77. The summed E-state index contributed by atoms with van der Waals surface area (Å²) in [5.41, 5.74) is -0.596. The maximum Gasteiger partial charge on any atom is 0.333 e. The van der Waals surface area contributed by atoms with Gasteiger partial charge in [-0.15, -0.1) is 0 Å². The molecule has 1 aromatic rings. The van der Waals surface area contributed by atoms with E-state index in [9.17, 15) is 14.8 Å². The first-order valence-corrected chi connectivity index (χ1v) is 13.4. The maximum absolute atomic E-state index is 16.7. The van der Waals surface area contributed by atoms with Crippen molar-refractivity contribution in [2.75, 3.05) is 38.9 Å². The van der Waals surface area contributed by atoms with E-state index in [1.165, 1.54) is 19.4 Å². The molecule has 0 unspecified atom stereocenters. The SMILES string of the molecule is COc1cc(NC(=O)COCCOCC(=O)OC(C)(C)C)[n+]([O-])cc1[Si](F)(C(C)(C)C)C(C)(C)C. The van der Waals surface area contributed by atoms with E-state index in [0.29, 0.717) is 4.73 Å². The van der Waals surface area contributed by atoms with Crippen LogP contribution in [0.3, 0.4) is 0 Å². The molecule has 0 aliphatic rings. The number of carbonyl (C=O) groups is 2. The molecule has 0 aliphatic carbocycles. The molecule has 0 bridgehead atoms. The fraction of sp³-hybridized carbons (Fsp3) is 0.708. The van der Waals surface area contributed by atoms with Crippen LogP contribution in [0.4, 0.5) is 9.93 Å². The number of rotatable bonds is 10. The van der Waals surface area contributed by atoms with Crippen molar-refractivity contribution in [2.24, 2.45) is 0 Å². The summed E-state index contributed by atoms with van der Waals surface area (Å²) in [5, 5.41) is 14.0. The minimum absolute atomic E-state index is 0.0585. The maximum atomic E-state index is 16.7. The number of hydrogen-bond donors (Lipinski definition) is 1. The second-order valence-electron chi connectivity index (χ2n) is 11.4. The number of anilines is 1. The molecule has 0 atom stereocenters. The number of aromatic nitrogens is 1. The first-order chi connectivity index (χ1) is 15.8. The van der Waals surface area contributed by atoms with Crippen LogP contribution in [0.2, 0.25) is 10.1 Å². The lowest BCUT2D eigenvalue weighted by atomic mass is 10.2. The predicted octanol–water partition coefficient (Wildman–Crippen LogP) is 3.36. The molecule has 1 rings (SSSR count). The molecular formula is C24H41FN2O7Si. The monoisotopic (exact) mass is 516 g/mol. The van der Waals surface area contributed by atoms with Gasteiger partial charge in [0.05, 0.1) is 37.8 Å². The molecule has 1 amide bonds. The molecule has 0 radical (unpaired) electrons. The Morgan fingerprint density at radius 3 is 1.97 bits per heavy atom. The topological polar surface area (TPSA) is 110 Å². The second-order valence-corrected chi connectivity index (χ2v) is 16.2. The lowest BCUT2D eigenvalue weighted by Crippen LogP contribution is -2.60. The zero-order valence-corrected chi connectivity index (χ0v) is 23.7. The van der Waals surface area contributed by atoms with Crippen molar-refractivity contribution >= 4 is 31.3 Å². The Balaban J connectivity index is 2.79. The fourth-order valence-electron chi connectivity index (χ4n) is 3.96. The van der Waals surface area contributed by atoms with Crippen molar-refractivity contribution in [3.63, 3.8) is 0 Å². The van der Waals surface area contributed by atoms with Gasteiger partial charge in [-0.25, -0.2) is 19.6 Å². The van der Waals surface area contributed by atoms with Crippen molar-refractivity contribution in [2.45, 2.75) is 78.0 Å². The molecule has 9 nitrogen and oxygen atoms in total. The number of carbonyl (C=O) groups excluding carboxylic acids is 2. The van der Waals surface area contributed by atoms with Crippen LogP contribution in [0.5, 0.6) is 5.75 Å². The van der Waals surface area contributed by atoms with Crippen LogP contribution in [-0.4, -0.2) is 59.4 Å².